The minimum atomic E-state index is -0.773. The second-order valence-corrected chi connectivity index (χ2v) is 9.71. The van der Waals surface area contributed by atoms with E-state index in [0.29, 0.717) is 12.4 Å². The fourth-order valence-electron chi connectivity index (χ4n) is 4.85. The van der Waals surface area contributed by atoms with Gasteiger partial charge in [-0.1, -0.05) is 49.2 Å². The Morgan fingerprint density at radius 3 is 2.37 bits per heavy atom. The Kier molecular flexibility index (Phi) is 7.58. The zero-order valence-electron chi connectivity index (χ0n) is 21.4. The van der Waals surface area contributed by atoms with Crippen LogP contribution in [0, 0.1) is 6.92 Å². The van der Waals surface area contributed by atoms with Gasteiger partial charge in [0.25, 0.3) is 5.91 Å². The lowest BCUT2D eigenvalue weighted by Gasteiger charge is -2.21. The highest BCUT2D eigenvalue weighted by molar-refractivity contribution is 5.95. The van der Waals surface area contributed by atoms with Gasteiger partial charge in [-0.15, -0.1) is 4.74 Å². The van der Waals surface area contributed by atoms with Crippen molar-refractivity contribution in [3.05, 3.63) is 110 Å². The molecule has 0 unspecified atom stereocenters. The standard InChI is InChI=1S/C30H31N3O5/c1-21-17-25(28(34)32-15-4-2-3-5-16-32)11-14-27(21)24-8-6-7-23(18-24)20-37-26-12-9-22(10-13-26)19-33-29(35)31-30(36)38-33/h6-14,17-18H,2-5,15-16,19-20H2,1H3,(H,31,35,36). The first-order valence-corrected chi connectivity index (χ1v) is 13.0. The van der Waals surface area contributed by atoms with Crippen LogP contribution in [0.2, 0.25) is 0 Å². The van der Waals surface area contributed by atoms with E-state index in [1.807, 2.05) is 66.4 Å². The maximum Gasteiger partial charge on any atom is 0.440 e. The number of carbonyl (C=O) groups excluding carboxylic acids is 1. The van der Waals surface area contributed by atoms with Crippen LogP contribution in [0.15, 0.2) is 80.8 Å². The molecule has 1 amide bonds. The molecule has 0 saturated carbocycles. The molecule has 0 atom stereocenters. The Bertz CT molecular complexity index is 1520. The number of rotatable bonds is 7. The third-order valence-corrected chi connectivity index (χ3v) is 6.89. The predicted octanol–water partition coefficient (Wildman–Crippen LogP) is 4.75. The molecule has 1 aromatic heterocycles. The van der Waals surface area contributed by atoms with Crippen molar-refractivity contribution in [2.75, 3.05) is 13.1 Å². The number of aryl methyl sites for hydroxylation is 1. The summed E-state index contributed by atoms with van der Waals surface area (Å²) in [6, 6.07) is 21.5. The lowest BCUT2D eigenvalue weighted by atomic mass is 9.97. The Labute approximate surface area is 220 Å². The zero-order valence-corrected chi connectivity index (χ0v) is 21.4. The number of nitrogens with zero attached hydrogens (tertiary/aromatic N) is 2. The van der Waals surface area contributed by atoms with Crippen LogP contribution in [0.5, 0.6) is 5.75 Å². The monoisotopic (exact) mass is 513 g/mol. The highest BCUT2D eigenvalue weighted by Gasteiger charge is 2.18. The van der Waals surface area contributed by atoms with E-state index in [-0.39, 0.29) is 12.5 Å². The highest BCUT2D eigenvalue weighted by atomic mass is 16.5. The van der Waals surface area contributed by atoms with E-state index < -0.39 is 11.4 Å². The van der Waals surface area contributed by atoms with Gasteiger partial charge in [-0.25, -0.2) is 14.6 Å². The Morgan fingerprint density at radius 1 is 0.921 bits per heavy atom. The average Bonchev–Trinajstić information content (AvgIpc) is 3.10. The second-order valence-electron chi connectivity index (χ2n) is 9.71. The predicted molar refractivity (Wildman–Crippen MR) is 144 cm³/mol. The van der Waals surface area contributed by atoms with Gasteiger partial charge in [-0.05, 0) is 77.9 Å². The third-order valence-electron chi connectivity index (χ3n) is 6.89. The summed E-state index contributed by atoms with van der Waals surface area (Å²) in [5, 5.41) is 0. The molecule has 5 rings (SSSR count). The molecule has 0 bridgehead atoms. The molecule has 0 aliphatic carbocycles. The molecule has 1 fully saturated rings. The highest BCUT2D eigenvalue weighted by Crippen LogP contribution is 2.27. The number of amides is 1. The first kappa shape index (κ1) is 25.3. The average molecular weight is 514 g/mol. The molecule has 1 aliphatic heterocycles. The summed E-state index contributed by atoms with van der Waals surface area (Å²) in [5.41, 5.74) is 5.23. The van der Waals surface area contributed by atoms with Gasteiger partial charge in [0.1, 0.15) is 12.4 Å². The number of aromatic amines is 1. The minimum Gasteiger partial charge on any atom is -0.489 e. The molecule has 0 radical (unpaired) electrons. The maximum absolute atomic E-state index is 13.0. The van der Waals surface area contributed by atoms with Crippen LogP contribution in [0.4, 0.5) is 0 Å². The molecule has 3 aromatic carbocycles. The van der Waals surface area contributed by atoms with Crippen LogP contribution < -0.4 is 16.2 Å². The van der Waals surface area contributed by atoms with E-state index in [9.17, 15) is 14.4 Å². The molecule has 4 aromatic rings. The summed E-state index contributed by atoms with van der Waals surface area (Å²) in [6.07, 6.45) is 4.56. The topological polar surface area (TPSA) is 97.5 Å². The fraction of sp³-hybridized carbons (Fsp3) is 0.300. The van der Waals surface area contributed by atoms with Gasteiger partial charge in [-0.3, -0.25) is 4.79 Å². The van der Waals surface area contributed by atoms with Crippen molar-refractivity contribution in [1.82, 2.24) is 14.6 Å². The van der Waals surface area contributed by atoms with Crippen LogP contribution in [-0.4, -0.2) is 33.6 Å². The van der Waals surface area contributed by atoms with Gasteiger partial charge in [0.05, 0.1) is 6.54 Å². The molecule has 1 N–H and O–H groups in total. The van der Waals surface area contributed by atoms with E-state index in [0.717, 1.165) is 64.1 Å². The van der Waals surface area contributed by atoms with Crippen molar-refractivity contribution in [3.63, 3.8) is 0 Å². The Morgan fingerprint density at radius 2 is 1.68 bits per heavy atom. The molecule has 1 saturated heterocycles. The number of nitrogens with one attached hydrogen (secondary N) is 1. The molecule has 8 heteroatoms. The summed E-state index contributed by atoms with van der Waals surface area (Å²) < 4.78 is 11.8. The largest absolute Gasteiger partial charge is 0.489 e. The van der Waals surface area contributed by atoms with Crippen molar-refractivity contribution < 1.29 is 14.1 Å². The second kappa shape index (κ2) is 11.4. The van der Waals surface area contributed by atoms with Crippen molar-refractivity contribution in [1.29, 1.82) is 0 Å². The lowest BCUT2D eigenvalue weighted by molar-refractivity contribution is 0.0761. The first-order valence-electron chi connectivity index (χ1n) is 13.0. The van der Waals surface area contributed by atoms with Crippen LogP contribution in [0.3, 0.4) is 0 Å². The molecule has 8 nitrogen and oxygen atoms in total. The molecule has 2 heterocycles. The van der Waals surface area contributed by atoms with Gasteiger partial charge >= 0.3 is 11.4 Å². The quantitative estimate of drug-likeness (QED) is 0.385. The summed E-state index contributed by atoms with van der Waals surface area (Å²) in [6.45, 7) is 4.28. The maximum atomic E-state index is 13.0. The van der Waals surface area contributed by atoms with Gasteiger partial charge < -0.3 is 14.2 Å². The number of benzene rings is 3. The molecule has 38 heavy (non-hydrogen) atoms. The first-order chi connectivity index (χ1) is 18.5. The molecule has 196 valence electrons. The Hall–Kier alpha value is -4.33. The number of ether oxygens (including phenoxy) is 1. The lowest BCUT2D eigenvalue weighted by Crippen LogP contribution is -2.31. The van der Waals surface area contributed by atoms with E-state index in [1.54, 1.807) is 0 Å². The summed E-state index contributed by atoms with van der Waals surface area (Å²) in [4.78, 5) is 39.8. The van der Waals surface area contributed by atoms with Crippen LogP contribution >= 0.6 is 0 Å². The normalized spacial score (nSPS) is 13.8. The molecule has 0 spiro atoms. The number of hydrogen-bond donors (Lipinski definition) is 1. The van der Waals surface area contributed by atoms with E-state index >= 15 is 0 Å². The minimum absolute atomic E-state index is 0.124. The van der Waals surface area contributed by atoms with Crippen LogP contribution in [0.25, 0.3) is 11.1 Å². The van der Waals surface area contributed by atoms with Gasteiger partial charge in [-0.2, -0.15) is 0 Å². The number of likely N-dealkylation sites (tertiary alicyclic amines) is 1. The van der Waals surface area contributed by atoms with Crippen molar-refractivity contribution in [2.24, 2.45) is 0 Å². The number of carbonyl (C=O) groups is 1. The fourth-order valence-corrected chi connectivity index (χ4v) is 4.85. The Balaban J connectivity index is 1.23. The number of hydrogen-bond acceptors (Lipinski definition) is 5. The van der Waals surface area contributed by atoms with E-state index in [1.165, 1.54) is 12.8 Å². The van der Waals surface area contributed by atoms with Gasteiger partial charge in [0.2, 0.25) is 0 Å². The smallest absolute Gasteiger partial charge is 0.440 e. The summed E-state index contributed by atoms with van der Waals surface area (Å²) in [7, 11) is 0. The summed E-state index contributed by atoms with van der Waals surface area (Å²) >= 11 is 0. The third kappa shape index (κ3) is 5.96. The van der Waals surface area contributed by atoms with Gasteiger partial charge in [0, 0.05) is 18.7 Å². The zero-order chi connectivity index (χ0) is 26.5. The van der Waals surface area contributed by atoms with Crippen LogP contribution in [0.1, 0.15) is 52.7 Å². The number of aromatic nitrogens is 2. The number of H-pyrrole nitrogens is 1. The van der Waals surface area contributed by atoms with E-state index in [4.69, 9.17) is 9.26 Å². The van der Waals surface area contributed by atoms with Gasteiger partial charge in [0.15, 0.2) is 0 Å². The molecular formula is C30H31N3O5. The van der Waals surface area contributed by atoms with E-state index in [2.05, 4.69) is 17.1 Å². The van der Waals surface area contributed by atoms with Crippen molar-refractivity contribution in [2.45, 2.75) is 45.8 Å². The van der Waals surface area contributed by atoms with Crippen LogP contribution in [-0.2, 0) is 13.2 Å². The van der Waals surface area contributed by atoms with Crippen molar-refractivity contribution >= 4 is 5.91 Å². The SMILES string of the molecule is Cc1cc(C(=O)N2CCCCCC2)ccc1-c1cccc(COc2ccc(Cn3oc(=O)[nH]c3=O)cc2)c1. The molecule has 1 aliphatic rings. The molecular weight excluding hydrogens is 482 g/mol. The van der Waals surface area contributed by atoms with Crippen molar-refractivity contribution in [3.8, 4) is 16.9 Å². The summed E-state index contributed by atoms with van der Waals surface area (Å²) in [5.74, 6) is 0.0404.